The summed E-state index contributed by atoms with van der Waals surface area (Å²) in [5.41, 5.74) is 5.14. The van der Waals surface area contributed by atoms with Gasteiger partial charge < -0.3 is 5.73 Å². The summed E-state index contributed by atoms with van der Waals surface area (Å²) in [6.07, 6.45) is 1.87. The van der Waals surface area contributed by atoms with Crippen LogP contribution in [0, 0.1) is 0 Å². The molecule has 1 rings (SSSR count). The summed E-state index contributed by atoms with van der Waals surface area (Å²) in [7, 11) is -7.23. The number of rotatable bonds is 2. The van der Waals surface area contributed by atoms with E-state index in [1.807, 2.05) is 0 Å². The van der Waals surface area contributed by atoms with Crippen LogP contribution in [0.2, 0.25) is 0 Å². The Bertz CT molecular complexity index is 483. The Balaban J connectivity index is 3.16. The molecule has 0 bridgehead atoms. The fraction of sp³-hybridized carbons (Fsp3) is 0.400. The Morgan fingerprint density at radius 1 is 1.54 bits per heavy atom. The third-order valence-corrected chi connectivity index (χ3v) is 3.74. The van der Waals surface area contributed by atoms with Crippen molar-refractivity contribution in [3.63, 3.8) is 0 Å². The number of sulfonamides is 1. The Labute approximate surface area is 76.1 Å². The minimum atomic E-state index is -3.82. The van der Waals surface area contributed by atoms with E-state index in [0.29, 0.717) is 0 Å². The maximum Gasteiger partial charge on any atom is 0.281 e. The van der Waals surface area contributed by atoms with Gasteiger partial charge in [0.2, 0.25) is 0 Å². The molecule has 0 aromatic heterocycles. The molecule has 0 spiro atoms. The molecule has 1 aliphatic rings. The van der Waals surface area contributed by atoms with Gasteiger partial charge in [-0.2, -0.15) is 12.8 Å². The van der Waals surface area contributed by atoms with Gasteiger partial charge in [0, 0.05) is 6.26 Å². The molecule has 0 atom stereocenters. The largest absolute Gasteiger partial charge is 0.397 e. The van der Waals surface area contributed by atoms with Crippen molar-refractivity contribution in [3.8, 4) is 0 Å². The molecule has 0 aromatic carbocycles. The average Bonchev–Trinajstić information content (AvgIpc) is 2.13. The Morgan fingerprint density at radius 3 is 2.38 bits per heavy atom. The van der Waals surface area contributed by atoms with Gasteiger partial charge in [-0.05, 0) is 0 Å². The highest BCUT2D eigenvalue weighted by Gasteiger charge is 2.27. The summed E-state index contributed by atoms with van der Waals surface area (Å²) in [4.78, 5) is -0.338. The fourth-order valence-electron chi connectivity index (χ4n) is 0.807. The normalized spacial score (nSPS) is 21.0. The Hall–Kier alpha value is -0.890. The van der Waals surface area contributed by atoms with Gasteiger partial charge in [0.15, 0.2) is 9.84 Å². The van der Waals surface area contributed by atoms with Gasteiger partial charge in [0.1, 0.15) is 4.91 Å². The summed E-state index contributed by atoms with van der Waals surface area (Å²) < 4.78 is 46.8. The van der Waals surface area contributed by atoms with Crippen LogP contribution < -0.4 is 5.73 Å². The van der Waals surface area contributed by atoms with Crippen LogP contribution in [0.1, 0.15) is 0 Å². The fourth-order valence-corrected chi connectivity index (χ4v) is 3.42. The van der Waals surface area contributed by atoms with E-state index in [0.717, 1.165) is 12.5 Å². The van der Waals surface area contributed by atoms with E-state index in [1.165, 1.54) is 0 Å². The molecule has 1 aliphatic heterocycles. The maximum atomic E-state index is 11.0. The van der Waals surface area contributed by atoms with Crippen LogP contribution in [0.3, 0.4) is 0 Å². The summed E-state index contributed by atoms with van der Waals surface area (Å²) in [5.74, 6) is -0.596. The Morgan fingerprint density at radius 2 is 2.08 bits per heavy atom. The highest BCUT2D eigenvalue weighted by molar-refractivity contribution is 7.97. The lowest BCUT2D eigenvalue weighted by molar-refractivity contribution is 0.597. The van der Waals surface area contributed by atoms with Gasteiger partial charge >= 0.3 is 0 Å². The predicted molar refractivity (Wildman–Crippen MR) is 48.3 cm³/mol. The number of hydrogen-bond donors (Lipinski definition) is 1. The molecule has 0 fully saturated rings. The van der Waals surface area contributed by atoms with Crippen molar-refractivity contribution in [1.29, 1.82) is 0 Å². The quantitative estimate of drug-likeness (QED) is 0.621. The SMILES string of the molecule is CS(=O)(=O)CC1=C(N)C=NS1(=O)=O. The van der Waals surface area contributed by atoms with Crippen LogP contribution in [0.4, 0.5) is 0 Å². The van der Waals surface area contributed by atoms with Crippen LogP contribution >= 0.6 is 0 Å². The van der Waals surface area contributed by atoms with Crippen molar-refractivity contribution < 1.29 is 16.8 Å². The molecule has 0 unspecified atom stereocenters. The van der Waals surface area contributed by atoms with Crippen molar-refractivity contribution in [2.24, 2.45) is 10.1 Å². The van der Waals surface area contributed by atoms with E-state index in [4.69, 9.17) is 5.73 Å². The predicted octanol–water partition coefficient (Wildman–Crippen LogP) is -1.38. The highest BCUT2D eigenvalue weighted by Crippen LogP contribution is 2.18. The zero-order valence-corrected chi connectivity index (χ0v) is 8.39. The monoisotopic (exact) mass is 224 g/mol. The van der Waals surface area contributed by atoms with Crippen LogP contribution in [0.15, 0.2) is 15.0 Å². The molecule has 0 aromatic rings. The third kappa shape index (κ3) is 2.28. The zero-order chi connectivity index (χ0) is 10.3. The molecule has 8 heteroatoms. The molecule has 74 valence electrons. The number of sulfone groups is 1. The van der Waals surface area contributed by atoms with Gasteiger partial charge in [-0.25, -0.2) is 8.42 Å². The van der Waals surface area contributed by atoms with Gasteiger partial charge in [0.25, 0.3) is 10.0 Å². The molecule has 2 N–H and O–H groups in total. The van der Waals surface area contributed by atoms with E-state index in [2.05, 4.69) is 4.40 Å². The number of nitrogens with zero attached hydrogens (tertiary/aromatic N) is 1. The van der Waals surface area contributed by atoms with Crippen LogP contribution in [0.25, 0.3) is 0 Å². The summed E-state index contributed by atoms with van der Waals surface area (Å²) >= 11 is 0. The van der Waals surface area contributed by atoms with Gasteiger partial charge in [-0.15, -0.1) is 0 Å². The molecule has 0 aliphatic carbocycles. The molecule has 1 heterocycles. The van der Waals surface area contributed by atoms with Crippen molar-refractivity contribution >= 4 is 26.1 Å². The topological polar surface area (TPSA) is 107 Å². The van der Waals surface area contributed by atoms with Crippen molar-refractivity contribution in [2.75, 3.05) is 12.0 Å². The van der Waals surface area contributed by atoms with Gasteiger partial charge in [-0.1, -0.05) is 0 Å². The van der Waals surface area contributed by atoms with E-state index in [-0.39, 0.29) is 10.6 Å². The lowest BCUT2D eigenvalue weighted by Gasteiger charge is -1.99. The van der Waals surface area contributed by atoms with E-state index in [9.17, 15) is 16.8 Å². The second-order valence-corrected chi connectivity index (χ2v) is 6.45. The van der Waals surface area contributed by atoms with E-state index < -0.39 is 25.6 Å². The first kappa shape index (κ1) is 10.2. The molecule has 6 nitrogen and oxygen atoms in total. The Kier molecular flexibility index (Phi) is 2.20. The maximum absolute atomic E-state index is 11.0. The number of hydrogen-bond acceptors (Lipinski definition) is 5. The lowest BCUT2D eigenvalue weighted by atomic mass is 10.5. The smallest absolute Gasteiger partial charge is 0.281 e. The first-order valence-electron chi connectivity index (χ1n) is 3.19. The minimum absolute atomic E-state index is 0.106. The van der Waals surface area contributed by atoms with Crippen molar-refractivity contribution in [3.05, 3.63) is 10.6 Å². The summed E-state index contributed by atoms with van der Waals surface area (Å²) in [5, 5.41) is 0. The second-order valence-electron chi connectivity index (χ2n) is 2.66. The van der Waals surface area contributed by atoms with E-state index in [1.54, 1.807) is 0 Å². The summed E-state index contributed by atoms with van der Waals surface area (Å²) in [6, 6.07) is 0. The molecule has 0 saturated heterocycles. The van der Waals surface area contributed by atoms with Gasteiger partial charge in [-0.3, -0.25) is 0 Å². The first-order chi connectivity index (χ1) is 5.72. The molecule has 0 radical (unpaired) electrons. The first-order valence-corrected chi connectivity index (χ1v) is 6.69. The molecule has 0 amide bonds. The molecular weight excluding hydrogens is 216 g/mol. The molecular formula is C5H8N2O4S2. The third-order valence-electron chi connectivity index (χ3n) is 1.36. The average molecular weight is 224 g/mol. The van der Waals surface area contributed by atoms with Crippen LogP contribution in [-0.4, -0.2) is 35.1 Å². The van der Waals surface area contributed by atoms with Crippen LogP contribution in [0.5, 0.6) is 0 Å². The van der Waals surface area contributed by atoms with Crippen LogP contribution in [-0.2, 0) is 19.9 Å². The zero-order valence-electron chi connectivity index (χ0n) is 6.76. The minimum Gasteiger partial charge on any atom is -0.397 e. The van der Waals surface area contributed by atoms with Crippen molar-refractivity contribution in [2.45, 2.75) is 0 Å². The highest BCUT2D eigenvalue weighted by atomic mass is 32.2. The molecule has 13 heavy (non-hydrogen) atoms. The standard InChI is InChI=1S/C5H8N2O4S2/c1-12(8,9)3-5-4(6)2-7-13(5,10)11/h2H,3,6H2,1H3. The lowest BCUT2D eigenvalue weighted by Crippen LogP contribution is -2.14. The molecule has 0 saturated carbocycles. The summed E-state index contributed by atoms with van der Waals surface area (Å²) in [6.45, 7) is 0. The van der Waals surface area contributed by atoms with E-state index >= 15 is 0 Å². The number of allylic oxidation sites excluding steroid dienone is 1. The number of nitrogens with two attached hydrogens (primary N) is 1. The second kappa shape index (κ2) is 2.81. The van der Waals surface area contributed by atoms with Crippen molar-refractivity contribution in [1.82, 2.24) is 0 Å². The van der Waals surface area contributed by atoms with Gasteiger partial charge in [0.05, 0.1) is 17.7 Å².